The molecule has 1 aromatic heterocycles. The Kier molecular flexibility index (Phi) is 4.31. The van der Waals surface area contributed by atoms with Crippen molar-refractivity contribution in [2.45, 2.75) is 13.0 Å². The molecule has 0 unspecified atom stereocenters. The first-order chi connectivity index (χ1) is 7.10. The van der Waals surface area contributed by atoms with Gasteiger partial charge in [-0.25, -0.2) is 4.98 Å². The van der Waals surface area contributed by atoms with Crippen LogP contribution in [0, 0.1) is 6.92 Å². The van der Waals surface area contributed by atoms with Crippen molar-refractivity contribution in [1.82, 2.24) is 4.98 Å². The number of hydrogen-bond donors (Lipinski definition) is 4. The maximum Gasteiger partial charge on any atom is 0.141 e. The van der Waals surface area contributed by atoms with Crippen LogP contribution in [0.25, 0.3) is 0 Å². The number of aliphatic hydroxyl groups excluding tert-OH is 2. The molecular weight excluding hydrogens is 262 g/mol. The van der Waals surface area contributed by atoms with Gasteiger partial charge in [0.2, 0.25) is 0 Å². The fourth-order valence-electron chi connectivity index (χ4n) is 1.03. The molecule has 1 rings (SSSR count). The first kappa shape index (κ1) is 12.2. The second-order valence-electron chi connectivity index (χ2n) is 3.21. The van der Waals surface area contributed by atoms with E-state index in [0.717, 1.165) is 10.0 Å². The van der Waals surface area contributed by atoms with Crippen LogP contribution in [0.15, 0.2) is 10.7 Å². The molecule has 6 heteroatoms. The Morgan fingerprint density at radius 3 is 2.67 bits per heavy atom. The van der Waals surface area contributed by atoms with Gasteiger partial charge in [0, 0.05) is 0 Å². The number of aliphatic hydroxyl groups is 2. The lowest BCUT2D eigenvalue weighted by Crippen LogP contribution is -2.28. The number of nitrogens with zero attached hydrogens (tertiary/aromatic N) is 1. The number of aromatic nitrogens is 1. The number of hydrogen-bond acceptors (Lipinski definition) is 5. The molecule has 0 aliphatic carbocycles. The molecule has 0 saturated carbocycles. The van der Waals surface area contributed by atoms with Gasteiger partial charge in [-0.2, -0.15) is 0 Å². The average molecular weight is 276 g/mol. The highest BCUT2D eigenvalue weighted by Gasteiger charge is 2.11. The molecule has 0 bridgehead atoms. The number of pyridine rings is 1. The Balaban J connectivity index is 2.91. The fraction of sp³-hybridized carbons (Fsp3) is 0.444. The summed E-state index contributed by atoms with van der Waals surface area (Å²) in [6.45, 7) is 1.54. The van der Waals surface area contributed by atoms with Crippen molar-refractivity contribution >= 4 is 27.4 Å². The molecule has 0 amide bonds. The molecule has 0 aromatic carbocycles. The van der Waals surface area contributed by atoms with Gasteiger partial charge in [-0.3, -0.25) is 0 Å². The Morgan fingerprint density at radius 2 is 2.13 bits per heavy atom. The number of halogens is 1. The van der Waals surface area contributed by atoms with Crippen molar-refractivity contribution in [3.63, 3.8) is 0 Å². The van der Waals surface area contributed by atoms with Crippen molar-refractivity contribution < 1.29 is 10.2 Å². The molecule has 5 N–H and O–H groups in total. The zero-order valence-electron chi connectivity index (χ0n) is 8.37. The Bertz CT molecular complexity index is 342. The van der Waals surface area contributed by atoms with Crippen LogP contribution in [0.3, 0.4) is 0 Å². The zero-order chi connectivity index (χ0) is 11.4. The number of rotatable bonds is 4. The van der Waals surface area contributed by atoms with E-state index < -0.39 is 6.04 Å². The largest absolute Gasteiger partial charge is 0.397 e. The van der Waals surface area contributed by atoms with E-state index in [1.807, 2.05) is 6.92 Å². The third-order valence-corrected chi connectivity index (χ3v) is 3.05. The van der Waals surface area contributed by atoms with Gasteiger partial charge in [-0.15, -0.1) is 0 Å². The van der Waals surface area contributed by atoms with Gasteiger partial charge in [0.25, 0.3) is 0 Å². The van der Waals surface area contributed by atoms with E-state index in [-0.39, 0.29) is 13.2 Å². The van der Waals surface area contributed by atoms with Crippen LogP contribution in [0.2, 0.25) is 0 Å². The van der Waals surface area contributed by atoms with E-state index >= 15 is 0 Å². The fourth-order valence-corrected chi connectivity index (χ4v) is 1.48. The molecule has 1 heterocycles. The topological polar surface area (TPSA) is 91.4 Å². The first-order valence-corrected chi connectivity index (χ1v) is 5.28. The summed E-state index contributed by atoms with van der Waals surface area (Å²) in [4.78, 5) is 4.07. The lowest BCUT2D eigenvalue weighted by molar-refractivity contribution is 0.203. The molecule has 1 aromatic rings. The normalized spacial score (nSPS) is 10.7. The van der Waals surface area contributed by atoms with Gasteiger partial charge >= 0.3 is 0 Å². The zero-order valence-corrected chi connectivity index (χ0v) is 9.95. The maximum atomic E-state index is 8.91. The molecule has 0 saturated heterocycles. The van der Waals surface area contributed by atoms with E-state index in [1.54, 1.807) is 0 Å². The predicted molar refractivity (Wildman–Crippen MR) is 62.7 cm³/mol. The quantitative estimate of drug-likeness (QED) is 0.643. The Hall–Kier alpha value is -0.850. The van der Waals surface area contributed by atoms with Crippen LogP contribution in [-0.4, -0.2) is 34.5 Å². The number of nitrogen functional groups attached to an aromatic ring is 1. The highest BCUT2D eigenvalue weighted by molar-refractivity contribution is 9.10. The van der Waals surface area contributed by atoms with Crippen LogP contribution < -0.4 is 11.1 Å². The van der Waals surface area contributed by atoms with E-state index in [1.165, 1.54) is 6.20 Å². The monoisotopic (exact) mass is 275 g/mol. The molecular formula is C9H14BrN3O2. The van der Waals surface area contributed by atoms with Crippen molar-refractivity contribution in [3.8, 4) is 0 Å². The Labute approximate surface area is 96.5 Å². The molecule has 0 aliphatic heterocycles. The van der Waals surface area contributed by atoms with Crippen LogP contribution >= 0.6 is 15.9 Å². The summed E-state index contributed by atoms with van der Waals surface area (Å²) in [5.74, 6) is 0.565. The second-order valence-corrected chi connectivity index (χ2v) is 4.00. The summed E-state index contributed by atoms with van der Waals surface area (Å²) in [5, 5.41) is 20.7. The number of anilines is 2. The molecule has 0 spiro atoms. The minimum atomic E-state index is -0.420. The predicted octanol–water partition coefficient (Wildman–Crippen LogP) is 0.500. The van der Waals surface area contributed by atoms with Crippen molar-refractivity contribution in [2.75, 3.05) is 24.3 Å². The summed E-state index contributed by atoms with van der Waals surface area (Å²) in [7, 11) is 0. The van der Waals surface area contributed by atoms with Crippen molar-refractivity contribution in [2.24, 2.45) is 0 Å². The lowest BCUT2D eigenvalue weighted by atomic mass is 10.2. The van der Waals surface area contributed by atoms with Gasteiger partial charge in [0.05, 0.1) is 35.6 Å². The van der Waals surface area contributed by atoms with Crippen molar-refractivity contribution in [3.05, 3.63) is 16.2 Å². The van der Waals surface area contributed by atoms with Crippen LogP contribution in [0.4, 0.5) is 11.5 Å². The second kappa shape index (κ2) is 5.29. The smallest absolute Gasteiger partial charge is 0.141 e. The van der Waals surface area contributed by atoms with Crippen LogP contribution in [-0.2, 0) is 0 Å². The maximum absolute atomic E-state index is 8.91. The minimum Gasteiger partial charge on any atom is -0.397 e. The highest BCUT2D eigenvalue weighted by atomic mass is 79.9. The molecule has 0 aliphatic rings. The summed E-state index contributed by atoms with van der Waals surface area (Å²) in [6, 6.07) is -0.420. The molecule has 5 nitrogen and oxygen atoms in total. The third-order valence-electron chi connectivity index (χ3n) is 2.08. The molecule has 84 valence electrons. The summed E-state index contributed by atoms with van der Waals surface area (Å²) in [5.41, 5.74) is 7.14. The van der Waals surface area contributed by atoms with Gasteiger partial charge in [-0.1, -0.05) is 0 Å². The highest BCUT2D eigenvalue weighted by Crippen LogP contribution is 2.27. The van der Waals surface area contributed by atoms with Crippen LogP contribution in [0.5, 0.6) is 0 Å². The van der Waals surface area contributed by atoms with E-state index in [0.29, 0.717) is 11.5 Å². The SMILES string of the molecule is Cc1c(N)cnc(NC(CO)CO)c1Br. The van der Waals surface area contributed by atoms with Crippen LogP contribution in [0.1, 0.15) is 5.56 Å². The number of nitrogens with one attached hydrogen (secondary N) is 1. The molecule has 0 fully saturated rings. The van der Waals surface area contributed by atoms with Gasteiger partial charge in [-0.05, 0) is 28.4 Å². The van der Waals surface area contributed by atoms with E-state index in [9.17, 15) is 0 Å². The molecule has 0 atom stereocenters. The van der Waals surface area contributed by atoms with Gasteiger partial charge < -0.3 is 21.3 Å². The summed E-state index contributed by atoms with van der Waals surface area (Å²) in [6.07, 6.45) is 1.54. The third kappa shape index (κ3) is 2.80. The summed E-state index contributed by atoms with van der Waals surface area (Å²) >= 11 is 3.35. The van der Waals surface area contributed by atoms with Gasteiger partial charge in [0.15, 0.2) is 0 Å². The van der Waals surface area contributed by atoms with Crippen molar-refractivity contribution in [1.29, 1.82) is 0 Å². The first-order valence-electron chi connectivity index (χ1n) is 4.49. The average Bonchev–Trinajstić information content (AvgIpc) is 2.25. The number of nitrogens with two attached hydrogens (primary N) is 1. The lowest BCUT2D eigenvalue weighted by Gasteiger charge is -2.16. The van der Waals surface area contributed by atoms with Gasteiger partial charge in [0.1, 0.15) is 5.82 Å². The molecule has 15 heavy (non-hydrogen) atoms. The van der Waals surface area contributed by atoms with E-state index in [2.05, 4.69) is 26.2 Å². The minimum absolute atomic E-state index is 0.159. The Morgan fingerprint density at radius 1 is 1.53 bits per heavy atom. The summed E-state index contributed by atoms with van der Waals surface area (Å²) < 4.78 is 0.745. The molecule has 0 radical (unpaired) electrons. The van der Waals surface area contributed by atoms with E-state index in [4.69, 9.17) is 15.9 Å². The standard InChI is InChI=1S/C9H14BrN3O2/c1-5-7(11)2-12-9(8(5)10)13-6(3-14)4-15/h2,6,14-15H,3-4,11H2,1H3,(H,12,13).